The number of oxazole rings is 1. The fraction of sp³-hybridized carbons (Fsp3) is 0.400. The number of nitrogen functional groups attached to an aromatic ring is 1. The third-order valence-corrected chi connectivity index (χ3v) is 8.89. The molecule has 4 heterocycles. The van der Waals surface area contributed by atoms with Crippen molar-refractivity contribution in [3.05, 3.63) is 25.0 Å². The number of aromatic nitrogens is 4. The summed E-state index contributed by atoms with van der Waals surface area (Å²) in [5.41, 5.74) is 3.72. The molecule has 204 valence electrons. The maximum atomic E-state index is 15.7. The van der Waals surface area contributed by atoms with Crippen LogP contribution >= 0.6 is 23.5 Å². The maximum Gasteiger partial charge on any atom is 0.490 e. The van der Waals surface area contributed by atoms with Crippen molar-refractivity contribution in [2.75, 3.05) is 12.3 Å². The van der Waals surface area contributed by atoms with Crippen LogP contribution in [0.5, 0.6) is 0 Å². The van der Waals surface area contributed by atoms with E-state index in [1.165, 1.54) is 23.2 Å². The van der Waals surface area contributed by atoms with Gasteiger partial charge in [0.1, 0.15) is 36.3 Å². The minimum Gasteiger partial charge on any atom is -0.444 e. The zero-order valence-corrected chi connectivity index (χ0v) is 21.0. The van der Waals surface area contributed by atoms with E-state index in [0.29, 0.717) is 0 Å². The van der Waals surface area contributed by atoms with Gasteiger partial charge in [0.25, 0.3) is 0 Å². The van der Waals surface area contributed by atoms with Gasteiger partial charge in [-0.15, -0.1) is 0 Å². The summed E-state index contributed by atoms with van der Waals surface area (Å²) in [5.74, 6) is 0.0915. The number of nitrogens with two attached hydrogens (primary N) is 1. The molecule has 1 aliphatic rings. The molecule has 0 aliphatic carbocycles. The van der Waals surface area contributed by atoms with E-state index in [-0.39, 0.29) is 28.3 Å². The number of halogens is 1. The number of fused-ring (bicyclic) bond motifs is 1. The van der Waals surface area contributed by atoms with Gasteiger partial charge < -0.3 is 44.1 Å². The Kier molecular flexibility index (Phi) is 7.22. The number of aliphatic hydroxyl groups excluding tert-OH is 1. The van der Waals surface area contributed by atoms with Crippen LogP contribution in [0.25, 0.3) is 22.5 Å². The molecule has 3 aromatic rings. The highest BCUT2D eigenvalue weighted by molar-refractivity contribution is 7.66. The molecule has 0 bridgehead atoms. The van der Waals surface area contributed by atoms with E-state index in [0.717, 1.165) is 13.3 Å². The number of nitrogens with zero attached hydrogens (tertiary/aromatic N) is 4. The van der Waals surface area contributed by atoms with Crippen molar-refractivity contribution in [3.63, 3.8) is 0 Å². The fourth-order valence-corrected chi connectivity index (χ4v) is 6.66. The number of phosphoric acid groups is 3. The van der Waals surface area contributed by atoms with Gasteiger partial charge in [-0.05, 0) is 6.92 Å². The highest BCUT2D eigenvalue weighted by Crippen LogP contribution is 2.66. The molecule has 4 rings (SSSR count). The monoisotopic (exact) mass is 589 g/mol. The Labute approximate surface area is 205 Å². The highest BCUT2D eigenvalue weighted by atomic mass is 31.3. The van der Waals surface area contributed by atoms with Gasteiger partial charge in [-0.25, -0.2) is 33.0 Å². The number of alkyl halides is 1. The minimum absolute atomic E-state index is 0.000246. The van der Waals surface area contributed by atoms with Gasteiger partial charge in [0.15, 0.2) is 11.9 Å². The summed E-state index contributed by atoms with van der Waals surface area (Å²) in [6, 6.07) is 0. The van der Waals surface area contributed by atoms with E-state index in [9.17, 15) is 28.6 Å². The van der Waals surface area contributed by atoms with Crippen molar-refractivity contribution >= 4 is 40.3 Å². The van der Waals surface area contributed by atoms with Gasteiger partial charge in [0.05, 0.1) is 23.8 Å². The molecule has 1 fully saturated rings. The predicted octanol–water partition coefficient (Wildman–Crippen LogP) is 0.998. The summed E-state index contributed by atoms with van der Waals surface area (Å²) in [5, 5.41) is 10.8. The summed E-state index contributed by atoms with van der Waals surface area (Å²) >= 11 is 0. The first kappa shape index (κ1) is 27.9. The van der Waals surface area contributed by atoms with Crippen molar-refractivity contribution in [3.8, 4) is 11.5 Å². The number of hydrogen-bond donors (Lipinski definition) is 6. The van der Waals surface area contributed by atoms with Gasteiger partial charge in [-0.3, -0.25) is 4.52 Å². The van der Waals surface area contributed by atoms with Crippen LogP contribution in [-0.2, 0) is 31.6 Å². The Balaban J connectivity index is 1.59. The summed E-state index contributed by atoms with van der Waals surface area (Å²) in [6.07, 6.45) is -0.211. The Bertz CT molecular complexity index is 1440. The normalized spacial score (nSPS) is 27.8. The number of ether oxygens (including phenoxy) is 1. The number of anilines is 1. The Morgan fingerprint density at radius 1 is 1.16 bits per heavy atom. The first-order valence-corrected chi connectivity index (χ1v) is 14.3. The van der Waals surface area contributed by atoms with Crippen LogP contribution in [0.4, 0.5) is 10.2 Å². The van der Waals surface area contributed by atoms with E-state index in [1.807, 2.05) is 0 Å². The van der Waals surface area contributed by atoms with Crippen molar-refractivity contribution in [1.29, 1.82) is 0 Å². The van der Waals surface area contributed by atoms with Crippen LogP contribution < -0.4 is 5.73 Å². The van der Waals surface area contributed by atoms with E-state index in [1.54, 1.807) is 0 Å². The van der Waals surface area contributed by atoms with Crippen LogP contribution in [0.15, 0.2) is 29.4 Å². The second-order valence-corrected chi connectivity index (χ2v) is 12.2. The number of rotatable bonds is 9. The standard InChI is InChI=1S/C15H19FN5O13P3/c1-15(16)10(22)8(5-31-36(26,27)34-37(28,29)33-35(23,24)25)32-14(15)21-4-7(13-18-2-3-30-13)9-11(17)19-6-20-12(9)21/h2-4,6,8,10,14,22H,5H2,1H3,(H,26,27)(H,28,29)(H2,17,19,20)(H2,23,24,25)/t8?,10-,14-,15-/m1/s1. The second kappa shape index (κ2) is 9.57. The SMILES string of the molecule is C[C@@]1(F)[C@H](O)C(COP(=O)(O)OP(=O)(O)OP(=O)(O)O)O[C@H]1n1cc(-c2ncco2)c2c(N)ncnc21. The van der Waals surface area contributed by atoms with E-state index in [4.69, 9.17) is 24.7 Å². The first-order valence-electron chi connectivity index (χ1n) is 9.82. The molecule has 1 aliphatic heterocycles. The molecule has 37 heavy (non-hydrogen) atoms. The highest BCUT2D eigenvalue weighted by Gasteiger charge is 2.56. The lowest BCUT2D eigenvalue weighted by molar-refractivity contribution is -0.0557. The zero-order valence-electron chi connectivity index (χ0n) is 18.3. The van der Waals surface area contributed by atoms with Crippen molar-refractivity contribution in [2.45, 2.75) is 31.0 Å². The topological polar surface area (TPSA) is 272 Å². The molecular weight excluding hydrogens is 570 g/mol. The smallest absolute Gasteiger partial charge is 0.444 e. The average Bonchev–Trinajstić information content (AvgIpc) is 3.43. The summed E-state index contributed by atoms with van der Waals surface area (Å²) in [4.78, 5) is 48.0. The lowest BCUT2D eigenvalue weighted by atomic mass is 9.98. The molecule has 0 radical (unpaired) electrons. The van der Waals surface area contributed by atoms with Crippen molar-refractivity contribution in [2.24, 2.45) is 0 Å². The molecule has 6 atom stereocenters. The van der Waals surface area contributed by atoms with Crippen molar-refractivity contribution < 1.29 is 65.1 Å². The largest absolute Gasteiger partial charge is 0.490 e. The third kappa shape index (κ3) is 5.83. The predicted molar refractivity (Wildman–Crippen MR) is 117 cm³/mol. The van der Waals surface area contributed by atoms with Gasteiger partial charge >= 0.3 is 23.5 Å². The van der Waals surface area contributed by atoms with Gasteiger partial charge in [-0.2, -0.15) is 8.62 Å². The zero-order chi connectivity index (χ0) is 27.4. The van der Waals surface area contributed by atoms with Crippen molar-refractivity contribution in [1.82, 2.24) is 19.5 Å². The Hall–Kier alpha value is -2.11. The molecule has 3 unspecified atom stereocenters. The molecule has 0 aromatic carbocycles. The number of phosphoric ester groups is 1. The maximum absolute atomic E-state index is 15.7. The molecule has 0 spiro atoms. The average molecular weight is 589 g/mol. The van der Waals surface area contributed by atoms with Gasteiger partial charge in [-0.1, -0.05) is 0 Å². The van der Waals surface area contributed by atoms with Crippen LogP contribution in [0.1, 0.15) is 13.2 Å². The van der Waals surface area contributed by atoms with E-state index in [2.05, 4.69) is 28.1 Å². The van der Waals surface area contributed by atoms with Crippen LogP contribution in [0, 0.1) is 0 Å². The summed E-state index contributed by atoms with van der Waals surface area (Å²) < 4.78 is 73.6. The molecule has 18 nitrogen and oxygen atoms in total. The second-order valence-electron chi connectivity index (χ2n) is 7.75. The van der Waals surface area contributed by atoms with Gasteiger partial charge in [0.2, 0.25) is 5.89 Å². The van der Waals surface area contributed by atoms with E-state index >= 15 is 4.39 Å². The first-order chi connectivity index (χ1) is 17.0. The molecule has 22 heteroatoms. The molecule has 7 N–H and O–H groups in total. The summed E-state index contributed by atoms with van der Waals surface area (Å²) in [6.45, 7) is -0.113. The third-order valence-electron chi connectivity index (χ3n) is 5.09. The minimum atomic E-state index is -5.77. The Morgan fingerprint density at radius 2 is 1.86 bits per heavy atom. The molecular formula is C15H19FN5O13P3. The number of aliphatic hydroxyl groups is 1. The fourth-order valence-electron chi connectivity index (χ4n) is 3.63. The lowest BCUT2D eigenvalue weighted by Crippen LogP contribution is -2.40. The van der Waals surface area contributed by atoms with Crippen LogP contribution in [-0.4, -0.2) is 68.7 Å². The van der Waals surface area contributed by atoms with Crippen LogP contribution in [0.2, 0.25) is 0 Å². The van der Waals surface area contributed by atoms with E-state index < -0.39 is 54.2 Å². The molecule has 0 saturated carbocycles. The van der Waals surface area contributed by atoms with Gasteiger partial charge in [0, 0.05) is 6.20 Å². The quantitative estimate of drug-likeness (QED) is 0.190. The lowest BCUT2D eigenvalue weighted by Gasteiger charge is -2.25. The number of hydrogen-bond acceptors (Lipinski definition) is 13. The molecule has 0 amide bonds. The summed E-state index contributed by atoms with van der Waals surface area (Å²) in [7, 11) is -16.9. The Morgan fingerprint density at radius 3 is 2.49 bits per heavy atom. The molecule has 1 saturated heterocycles. The molecule has 3 aromatic heterocycles. The van der Waals surface area contributed by atoms with Crippen LogP contribution in [0.3, 0.4) is 0 Å².